The van der Waals surface area contributed by atoms with Gasteiger partial charge >= 0.3 is 0 Å². The van der Waals surface area contributed by atoms with Crippen molar-refractivity contribution in [1.82, 2.24) is 10.2 Å². The molecule has 0 saturated carbocycles. The van der Waals surface area contributed by atoms with Gasteiger partial charge in [-0.3, -0.25) is 13.9 Å². The summed E-state index contributed by atoms with van der Waals surface area (Å²) in [6, 6.07) is 11.8. The molecule has 2 amide bonds. The Morgan fingerprint density at radius 2 is 1.70 bits per heavy atom. The highest BCUT2D eigenvalue weighted by atomic mass is 32.2. The van der Waals surface area contributed by atoms with E-state index in [4.69, 9.17) is 4.74 Å². The molecule has 2 atom stereocenters. The van der Waals surface area contributed by atoms with Crippen molar-refractivity contribution in [1.29, 1.82) is 0 Å². The van der Waals surface area contributed by atoms with E-state index in [1.54, 1.807) is 36.4 Å². The predicted molar refractivity (Wildman–Crippen MR) is 143 cm³/mol. The molecular weight excluding hydrogens is 497 g/mol. The third kappa shape index (κ3) is 8.73. The van der Waals surface area contributed by atoms with Crippen LogP contribution in [0.1, 0.15) is 52.0 Å². The van der Waals surface area contributed by atoms with Crippen LogP contribution in [0.15, 0.2) is 48.5 Å². The number of hydrogen-bond acceptors (Lipinski definition) is 5. The van der Waals surface area contributed by atoms with E-state index >= 15 is 0 Å². The van der Waals surface area contributed by atoms with Crippen molar-refractivity contribution >= 4 is 27.5 Å². The number of benzene rings is 2. The average molecular weight is 536 g/mol. The molecule has 0 fully saturated rings. The monoisotopic (exact) mass is 535 g/mol. The van der Waals surface area contributed by atoms with Gasteiger partial charge in [0.2, 0.25) is 21.8 Å². The lowest BCUT2D eigenvalue weighted by molar-refractivity contribution is -0.141. The molecule has 0 unspecified atom stereocenters. The van der Waals surface area contributed by atoms with E-state index in [9.17, 15) is 22.4 Å². The first-order valence-corrected chi connectivity index (χ1v) is 14.3. The minimum absolute atomic E-state index is 0.0233. The van der Waals surface area contributed by atoms with Crippen LogP contribution in [0.5, 0.6) is 5.75 Å². The molecule has 8 nitrogen and oxygen atoms in total. The number of para-hydroxylation sites is 2. The van der Waals surface area contributed by atoms with E-state index in [0.29, 0.717) is 23.4 Å². The number of halogens is 1. The van der Waals surface area contributed by atoms with Gasteiger partial charge in [-0.05, 0) is 56.0 Å². The number of hydrogen-bond donors (Lipinski definition) is 1. The Labute approximate surface area is 219 Å². The number of nitrogens with one attached hydrogen (secondary N) is 1. The van der Waals surface area contributed by atoms with Crippen LogP contribution in [0.3, 0.4) is 0 Å². The van der Waals surface area contributed by atoms with Gasteiger partial charge in [0.25, 0.3) is 0 Å². The first-order chi connectivity index (χ1) is 17.5. The number of carbonyl (C=O) groups excluding carboxylic acids is 2. The van der Waals surface area contributed by atoms with Gasteiger partial charge in [0, 0.05) is 25.6 Å². The third-order valence-corrected chi connectivity index (χ3v) is 7.34. The van der Waals surface area contributed by atoms with Gasteiger partial charge in [0.05, 0.1) is 19.1 Å². The van der Waals surface area contributed by atoms with Crippen LogP contribution >= 0.6 is 0 Å². The van der Waals surface area contributed by atoms with Crippen molar-refractivity contribution in [2.75, 3.05) is 24.2 Å². The van der Waals surface area contributed by atoms with Crippen LogP contribution in [-0.2, 0) is 26.2 Å². The zero-order valence-corrected chi connectivity index (χ0v) is 23.1. The molecule has 0 saturated heterocycles. The summed E-state index contributed by atoms with van der Waals surface area (Å²) in [5.74, 6) is -0.520. The van der Waals surface area contributed by atoms with Gasteiger partial charge in [0.1, 0.15) is 17.6 Å². The molecule has 2 aromatic carbocycles. The maximum Gasteiger partial charge on any atom is 0.243 e. The second-order valence-corrected chi connectivity index (χ2v) is 10.9. The first-order valence-electron chi connectivity index (χ1n) is 12.5. The lowest BCUT2D eigenvalue weighted by Gasteiger charge is -2.32. The fraction of sp³-hybridized carbons (Fsp3) is 0.481. The average Bonchev–Trinajstić information content (AvgIpc) is 2.86. The molecule has 0 aliphatic heterocycles. The highest BCUT2D eigenvalue weighted by molar-refractivity contribution is 7.92. The van der Waals surface area contributed by atoms with E-state index < -0.39 is 16.1 Å². The molecule has 0 heterocycles. The molecule has 204 valence electrons. The smallest absolute Gasteiger partial charge is 0.243 e. The van der Waals surface area contributed by atoms with Crippen molar-refractivity contribution in [3.8, 4) is 5.75 Å². The summed E-state index contributed by atoms with van der Waals surface area (Å²) in [6.45, 7) is 5.88. The van der Waals surface area contributed by atoms with Crippen molar-refractivity contribution in [2.24, 2.45) is 0 Å². The van der Waals surface area contributed by atoms with E-state index in [2.05, 4.69) is 5.32 Å². The molecule has 0 aliphatic carbocycles. The number of sulfonamides is 1. The molecule has 0 bridgehead atoms. The van der Waals surface area contributed by atoms with Gasteiger partial charge in [-0.2, -0.15) is 0 Å². The van der Waals surface area contributed by atoms with Gasteiger partial charge in [-0.25, -0.2) is 12.8 Å². The SMILES string of the molecule is CC[C@H](C(=O)N[C@@H](C)CC)N(Cc1ccc(F)cc1)C(=O)CCCN(c1ccccc1OC)S(C)(=O)=O. The van der Waals surface area contributed by atoms with Crippen LogP contribution < -0.4 is 14.4 Å². The zero-order chi connectivity index (χ0) is 27.6. The molecule has 0 aromatic heterocycles. The Hall–Kier alpha value is -3.14. The van der Waals surface area contributed by atoms with E-state index in [1.165, 1.54) is 28.4 Å². The second-order valence-electron chi connectivity index (χ2n) is 9.00. The van der Waals surface area contributed by atoms with Crippen molar-refractivity contribution in [3.05, 3.63) is 59.9 Å². The topological polar surface area (TPSA) is 96.0 Å². The van der Waals surface area contributed by atoms with E-state index in [-0.39, 0.29) is 49.6 Å². The molecule has 2 rings (SSSR count). The molecule has 10 heteroatoms. The quantitative estimate of drug-likeness (QED) is 0.393. The molecule has 2 aromatic rings. The number of carbonyl (C=O) groups is 2. The Morgan fingerprint density at radius 3 is 2.27 bits per heavy atom. The van der Waals surface area contributed by atoms with Crippen molar-refractivity contribution < 1.29 is 27.1 Å². The molecular formula is C27H38FN3O5S. The van der Waals surface area contributed by atoms with E-state index in [1.807, 2.05) is 20.8 Å². The molecule has 37 heavy (non-hydrogen) atoms. The van der Waals surface area contributed by atoms with Gasteiger partial charge in [0.15, 0.2) is 0 Å². The van der Waals surface area contributed by atoms with Crippen LogP contribution in [0, 0.1) is 5.82 Å². The van der Waals surface area contributed by atoms with Crippen molar-refractivity contribution in [3.63, 3.8) is 0 Å². The van der Waals surface area contributed by atoms with E-state index in [0.717, 1.165) is 12.7 Å². The summed E-state index contributed by atoms with van der Waals surface area (Å²) in [5.41, 5.74) is 1.08. The van der Waals surface area contributed by atoms with Crippen LogP contribution in [-0.4, -0.2) is 57.1 Å². The van der Waals surface area contributed by atoms with Crippen LogP contribution in [0.4, 0.5) is 10.1 Å². The number of anilines is 1. The fourth-order valence-corrected chi connectivity index (χ4v) is 4.93. The lowest BCUT2D eigenvalue weighted by Crippen LogP contribution is -2.50. The third-order valence-electron chi connectivity index (χ3n) is 6.16. The standard InChI is InChI=1S/C27H38FN3O5S/c1-6-20(3)29-27(33)23(7-2)30(19-21-14-16-22(28)17-15-21)26(32)13-10-18-31(37(5,34)35)24-11-8-9-12-25(24)36-4/h8-9,11-12,14-17,20,23H,6-7,10,13,18-19H2,1-5H3,(H,29,33)/t20-,23+/m0/s1. The minimum Gasteiger partial charge on any atom is -0.495 e. The Morgan fingerprint density at radius 1 is 1.05 bits per heavy atom. The summed E-state index contributed by atoms with van der Waals surface area (Å²) in [7, 11) is -2.18. The maximum absolute atomic E-state index is 13.4. The summed E-state index contributed by atoms with van der Waals surface area (Å²) in [5, 5.41) is 2.94. The van der Waals surface area contributed by atoms with Crippen molar-refractivity contribution in [2.45, 2.75) is 65.1 Å². The van der Waals surface area contributed by atoms with Gasteiger partial charge in [-0.15, -0.1) is 0 Å². The zero-order valence-electron chi connectivity index (χ0n) is 22.2. The molecule has 1 N–H and O–H groups in total. The number of rotatable bonds is 14. The number of amides is 2. The highest BCUT2D eigenvalue weighted by Gasteiger charge is 2.29. The normalized spacial score (nSPS) is 12.9. The number of nitrogens with zero attached hydrogens (tertiary/aromatic N) is 2. The molecule has 0 radical (unpaired) electrons. The number of ether oxygens (including phenoxy) is 1. The fourth-order valence-electron chi connectivity index (χ4n) is 3.97. The molecule has 0 aliphatic rings. The summed E-state index contributed by atoms with van der Waals surface area (Å²) < 4.78 is 45.1. The molecule has 0 spiro atoms. The largest absolute Gasteiger partial charge is 0.495 e. The van der Waals surface area contributed by atoms with Gasteiger partial charge < -0.3 is 15.0 Å². The van der Waals surface area contributed by atoms with Crippen LogP contribution in [0.2, 0.25) is 0 Å². The summed E-state index contributed by atoms with van der Waals surface area (Å²) >= 11 is 0. The van der Waals surface area contributed by atoms with Crippen LogP contribution in [0.25, 0.3) is 0 Å². The highest BCUT2D eigenvalue weighted by Crippen LogP contribution is 2.29. The lowest BCUT2D eigenvalue weighted by atomic mass is 10.1. The summed E-state index contributed by atoms with van der Waals surface area (Å²) in [6.07, 6.45) is 2.50. The summed E-state index contributed by atoms with van der Waals surface area (Å²) in [4.78, 5) is 28.0. The number of methoxy groups -OCH3 is 1. The Balaban J connectivity index is 2.24. The first kappa shape index (κ1) is 30.1. The Kier molecular flexibility index (Phi) is 11.4. The predicted octanol–water partition coefficient (Wildman–Crippen LogP) is 4.10. The maximum atomic E-state index is 13.4. The Bertz CT molecular complexity index is 1140. The minimum atomic E-state index is -3.64. The second kappa shape index (κ2) is 14.0. The van der Waals surface area contributed by atoms with Gasteiger partial charge in [-0.1, -0.05) is 38.1 Å².